The molecule has 0 fully saturated rings. The van der Waals surface area contributed by atoms with Crippen LogP contribution < -0.4 is 5.32 Å². The van der Waals surface area contributed by atoms with Gasteiger partial charge in [-0.1, -0.05) is 13.3 Å². The number of ether oxygens (including phenoxy) is 1. The minimum Gasteiger partial charge on any atom is -0.374 e. The third kappa shape index (κ3) is 2.92. The second-order valence-corrected chi connectivity index (χ2v) is 4.36. The molecule has 1 aromatic rings. The standard InChI is InChI=1S/C11H18BrN3O/c1-5-6-8-9(12)11(13-3)15-10(14-8)7(2)16-4/h7H,5-6H2,1-4H3,(H,13,14,15). The predicted octanol–water partition coefficient (Wildman–Crippen LogP) is 2.94. The summed E-state index contributed by atoms with van der Waals surface area (Å²) in [6.45, 7) is 4.07. The van der Waals surface area contributed by atoms with Crippen molar-refractivity contribution in [1.29, 1.82) is 0 Å². The second kappa shape index (κ2) is 6.15. The molecule has 1 heterocycles. The van der Waals surface area contributed by atoms with E-state index in [-0.39, 0.29) is 6.10 Å². The largest absolute Gasteiger partial charge is 0.374 e. The van der Waals surface area contributed by atoms with Crippen molar-refractivity contribution in [2.75, 3.05) is 19.5 Å². The van der Waals surface area contributed by atoms with Gasteiger partial charge < -0.3 is 10.1 Å². The lowest BCUT2D eigenvalue weighted by molar-refractivity contribution is 0.112. The van der Waals surface area contributed by atoms with E-state index in [4.69, 9.17) is 4.74 Å². The fraction of sp³-hybridized carbons (Fsp3) is 0.636. The molecule has 0 radical (unpaired) electrons. The van der Waals surface area contributed by atoms with Crippen LogP contribution in [0, 0.1) is 0 Å². The first kappa shape index (κ1) is 13.4. The molecule has 1 aromatic heterocycles. The molecule has 1 atom stereocenters. The molecular formula is C11H18BrN3O. The summed E-state index contributed by atoms with van der Waals surface area (Å²) in [6, 6.07) is 0. The van der Waals surface area contributed by atoms with E-state index >= 15 is 0 Å². The molecule has 1 N–H and O–H groups in total. The Hall–Kier alpha value is -0.680. The van der Waals surface area contributed by atoms with E-state index in [0.717, 1.165) is 34.7 Å². The monoisotopic (exact) mass is 287 g/mol. The van der Waals surface area contributed by atoms with Crippen molar-refractivity contribution in [1.82, 2.24) is 9.97 Å². The molecule has 16 heavy (non-hydrogen) atoms. The molecule has 0 amide bonds. The number of aryl methyl sites for hydroxylation is 1. The normalized spacial score (nSPS) is 12.6. The lowest BCUT2D eigenvalue weighted by Crippen LogP contribution is -2.09. The quantitative estimate of drug-likeness (QED) is 0.905. The number of methoxy groups -OCH3 is 1. The molecule has 0 aromatic carbocycles. The van der Waals surface area contributed by atoms with Gasteiger partial charge in [0.15, 0.2) is 5.82 Å². The second-order valence-electron chi connectivity index (χ2n) is 3.57. The van der Waals surface area contributed by atoms with Gasteiger partial charge in [-0.15, -0.1) is 0 Å². The minimum atomic E-state index is -0.0872. The maximum Gasteiger partial charge on any atom is 0.159 e. The summed E-state index contributed by atoms with van der Waals surface area (Å²) in [5.74, 6) is 1.54. The minimum absolute atomic E-state index is 0.0872. The van der Waals surface area contributed by atoms with Crippen molar-refractivity contribution in [2.24, 2.45) is 0 Å². The van der Waals surface area contributed by atoms with Gasteiger partial charge in [0.25, 0.3) is 0 Å². The van der Waals surface area contributed by atoms with Crippen LogP contribution in [0.2, 0.25) is 0 Å². The maximum absolute atomic E-state index is 5.24. The first-order valence-electron chi connectivity index (χ1n) is 5.40. The van der Waals surface area contributed by atoms with Gasteiger partial charge in [0.05, 0.1) is 10.2 Å². The summed E-state index contributed by atoms with van der Waals surface area (Å²) in [6.07, 6.45) is 1.90. The fourth-order valence-corrected chi connectivity index (χ4v) is 1.94. The summed E-state index contributed by atoms with van der Waals surface area (Å²) in [7, 11) is 3.51. The molecule has 0 aliphatic heterocycles. The van der Waals surface area contributed by atoms with Crippen LogP contribution in [-0.2, 0) is 11.2 Å². The van der Waals surface area contributed by atoms with Crippen molar-refractivity contribution in [3.8, 4) is 0 Å². The Morgan fingerprint density at radius 1 is 1.44 bits per heavy atom. The molecule has 0 spiro atoms. The number of rotatable bonds is 5. The molecule has 0 aliphatic rings. The van der Waals surface area contributed by atoms with Crippen LogP contribution in [0.3, 0.4) is 0 Å². The van der Waals surface area contributed by atoms with Crippen LogP contribution >= 0.6 is 15.9 Å². The molecule has 1 unspecified atom stereocenters. The van der Waals surface area contributed by atoms with E-state index < -0.39 is 0 Å². The molecule has 5 heteroatoms. The fourth-order valence-electron chi connectivity index (χ4n) is 1.37. The first-order valence-corrected chi connectivity index (χ1v) is 6.20. The lowest BCUT2D eigenvalue weighted by atomic mass is 10.2. The zero-order valence-electron chi connectivity index (χ0n) is 10.2. The van der Waals surface area contributed by atoms with Gasteiger partial charge in [0.2, 0.25) is 0 Å². The van der Waals surface area contributed by atoms with Gasteiger partial charge >= 0.3 is 0 Å². The summed E-state index contributed by atoms with van der Waals surface area (Å²) >= 11 is 3.52. The highest BCUT2D eigenvalue weighted by Crippen LogP contribution is 2.26. The Labute approximate surface area is 105 Å². The Morgan fingerprint density at radius 2 is 2.12 bits per heavy atom. The zero-order chi connectivity index (χ0) is 12.1. The number of hydrogen-bond acceptors (Lipinski definition) is 4. The van der Waals surface area contributed by atoms with Crippen LogP contribution in [0.15, 0.2) is 4.47 Å². The summed E-state index contributed by atoms with van der Waals surface area (Å²) < 4.78 is 6.19. The molecule has 0 bridgehead atoms. The van der Waals surface area contributed by atoms with Crippen LogP contribution in [-0.4, -0.2) is 24.1 Å². The van der Waals surface area contributed by atoms with Crippen LogP contribution in [0.25, 0.3) is 0 Å². The Bertz CT molecular complexity index is 357. The molecule has 90 valence electrons. The van der Waals surface area contributed by atoms with Crippen LogP contribution in [0.1, 0.15) is 37.9 Å². The highest BCUT2D eigenvalue weighted by Gasteiger charge is 2.14. The van der Waals surface area contributed by atoms with E-state index in [9.17, 15) is 0 Å². The van der Waals surface area contributed by atoms with E-state index in [1.54, 1.807) is 7.11 Å². The number of hydrogen-bond donors (Lipinski definition) is 1. The van der Waals surface area contributed by atoms with Crippen molar-refractivity contribution < 1.29 is 4.74 Å². The van der Waals surface area contributed by atoms with E-state index in [2.05, 4.69) is 38.1 Å². The Kier molecular flexibility index (Phi) is 5.15. The van der Waals surface area contributed by atoms with Crippen molar-refractivity contribution >= 4 is 21.7 Å². The molecular weight excluding hydrogens is 270 g/mol. The van der Waals surface area contributed by atoms with E-state index in [1.807, 2.05) is 14.0 Å². The zero-order valence-corrected chi connectivity index (χ0v) is 11.8. The number of nitrogens with zero attached hydrogens (tertiary/aromatic N) is 2. The van der Waals surface area contributed by atoms with E-state index in [1.165, 1.54) is 0 Å². The third-order valence-electron chi connectivity index (χ3n) is 2.38. The highest BCUT2D eigenvalue weighted by molar-refractivity contribution is 9.10. The molecule has 0 aliphatic carbocycles. The van der Waals surface area contributed by atoms with Gasteiger partial charge in [0.1, 0.15) is 11.9 Å². The Morgan fingerprint density at radius 3 is 2.62 bits per heavy atom. The van der Waals surface area contributed by atoms with Crippen molar-refractivity contribution in [2.45, 2.75) is 32.8 Å². The molecule has 0 saturated carbocycles. The summed E-state index contributed by atoms with van der Waals surface area (Å²) in [5, 5.41) is 3.06. The number of nitrogens with one attached hydrogen (secondary N) is 1. The summed E-state index contributed by atoms with van der Waals surface area (Å²) in [4.78, 5) is 8.93. The highest BCUT2D eigenvalue weighted by atomic mass is 79.9. The number of anilines is 1. The molecule has 1 rings (SSSR count). The SMILES string of the molecule is CCCc1nc(C(C)OC)nc(NC)c1Br. The Balaban J connectivity index is 3.17. The number of aromatic nitrogens is 2. The predicted molar refractivity (Wildman–Crippen MR) is 68.7 cm³/mol. The topological polar surface area (TPSA) is 47.0 Å². The van der Waals surface area contributed by atoms with Crippen LogP contribution in [0.4, 0.5) is 5.82 Å². The lowest BCUT2D eigenvalue weighted by Gasteiger charge is -2.13. The van der Waals surface area contributed by atoms with E-state index in [0.29, 0.717) is 0 Å². The average molecular weight is 288 g/mol. The number of halogens is 1. The van der Waals surface area contributed by atoms with Crippen molar-refractivity contribution in [3.63, 3.8) is 0 Å². The average Bonchev–Trinajstić information content (AvgIpc) is 2.31. The van der Waals surface area contributed by atoms with Crippen LogP contribution in [0.5, 0.6) is 0 Å². The first-order chi connectivity index (χ1) is 7.63. The van der Waals surface area contributed by atoms with Gasteiger partial charge in [-0.3, -0.25) is 0 Å². The third-order valence-corrected chi connectivity index (χ3v) is 3.21. The van der Waals surface area contributed by atoms with Gasteiger partial charge in [-0.05, 0) is 29.3 Å². The molecule has 0 saturated heterocycles. The maximum atomic E-state index is 5.24. The summed E-state index contributed by atoms with van der Waals surface area (Å²) in [5.41, 5.74) is 1.03. The van der Waals surface area contributed by atoms with Gasteiger partial charge in [0, 0.05) is 14.2 Å². The van der Waals surface area contributed by atoms with Crippen molar-refractivity contribution in [3.05, 3.63) is 16.0 Å². The van der Waals surface area contributed by atoms with Gasteiger partial charge in [-0.2, -0.15) is 0 Å². The smallest absolute Gasteiger partial charge is 0.159 e. The molecule has 4 nitrogen and oxygen atoms in total. The van der Waals surface area contributed by atoms with Gasteiger partial charge in [-0.25, -0.2) is 9.97 Å².